The maximum absolute atomic E-state index is 6.14. The molecule has 8 aromatic heterocycles. The zero-order chi connectivity index (χ0) is 94.8. The molecule has 4 N–H and O–H groups in total. The predicted molar refractivity (Wildman–Crippen MR) is 557 cm³/mol. The Hall–Kier alpha value is -10.3. The molecule has 9 aliphatic heterocycles. The van der Waals surface area contributed by atoms with Crippen molar-refractivity contribution in [3.63, 3.8) is 0 Å². The summed E-state index contributed by atoms with van der Waals surface area (Å²) >= 11 is 33.3. The van der Waals surface area contributed by atoms with E-state index >= 15 is 0 Å². The SMILES string of the molecule is Brc1ccc2nc[nH]c2c1.Brc1ccc2ncn(C3COC3)c2c1.CC1(C)OB(c2ccc3ncn(C4COC4)c3c2)OC1(C)C.Clc1ccc(Nc2cc(-c3ccc4c(c3)ncn4C3COC3)nc(N3CCOCC3)n2)cc1.Clc1ccc(Nc2cc(-c3ccc4ncn(C5COC5)c4c3)nc(N3CCOCC3)n2)cc1.Clc1ccc(Nc2cc(Cl)nc(N3CCOCC3)n2)cc1.IC1COC1. The third-order valence-electron chi connectivity index (χ3n) is 24.8. The normalized spacial score (nSPS) is 17.5. The quantitative estimate of drug-likeness (QED) is 0.0302. The zero-order valence-corrected chi connectivity index (χ0v) is 84.4. The van der Waals surface area contributed by atoms with Crippen LogP contribution in [0.1, 0.15) is 51.9 Å². The predicted octanol–water partition coefficient (Wildman–Crippen LogP) is 19.4. The first-order chi connectivity index (χ1) is 67.1. The van der Waals surface area contributed by atoms with E-state index in [1.54, 1.807) is 12.4 Å². The summed E-state index contributed by atoms with van der Waals surface area (Å²) in [6.45, 7) is 24.9. The number of ether oxygens (including phenoxy) is 8. The summed E-state index contributed by atoms with van der Waals surface area (Å²) in [5.41, 5.74) is 17.3. The molecule has 0 atom stereocenters. The first-order valence-electron chi connectivity index (χ1n) is 45.5. The summed E-state index contributed by atoms with van der Waals surface area (Å²) in [6, 6.07) is 60.6. The largest absolute Gasteiger partial charge is 0.494 e. The highest BCUT2D eigenvalue weighted by molar-refractivity contribution is 14.1. The van der Waals surface area contributed by atoms with Gasteiger partial charge in [-0.2, -0.15) is 15.0 Å². The molecule has 40 heteroatoms. The lowest BCUT2D eigenvalue weighted by Crippen LogP contribution is -2.41. The van der Waals surface area contributed by atoms with Crippen molar-refractivity contribution in [2.75, 3.05) is 176 Å². The van der Waals surface area contributed by atoms with Gasteiger partial charge in [-0.05, 0) is 179 Å². The molecule has 138 heavy (non-hydrogen) atoms. The fourth-order valence-corrected chi connectivity index (χ4v) is 17.7. The van der Waals surface area contributed by atoms with Gasteiger partial charge in [-0.3, -0.25) is 0 Å². The number of fused-ring (bicyclic) bond motifs is 5. The first kappa shape index (κ1) is 96.5. The van der Waals surface area contributed by atoms with Gasteiger partial charge < -0.3 is 101 Å². The minimum atomic E-state index is -0.338. The summed E-state index contributed by atoms with van der Waals surface area (Å²) in [5.74, 6) is 4.09. The van der Waals surface area contributed by atoms with Crippen LogP contribution in [-0.2, 0) is 47.2 Å². The third-order valence-corrected chi connectivity index (χ3v) is 27.4. The Balaban J connectivity index is 0.000000108. The summed E-state index contributed by atoms with van der Waals surface area (Å²) in [4.78, 5) is 59.7. The average molecular weight is 2190 g/mol. The number of imidazole rings is 5. The second-order valence-electron chi connectivity index (χ2n) is 34.9. The number of H-pyrrole nitrogens is 1. The lowest BCUT2D eigenvalue weighted by molar-refractivity contribution is -0.0216. The van der Waals surface area contributed by atoms with Crippen LogP contribution >= 0.6 is 101 Å². The Kier molecular flexibility index (Phi) is 30.9. The van der Waals surface area contributed by atoms with E-state index in [1.165, 1.54) is 5.52 Å². The van der Waals surface area contributed by atoms with Crippen molar-refractivity contribution in [1.82, 2.24) is 78.1 Å². The van der Waals surface area contributed by atoms with Crippen LogP contribution in [0.4, 0.5) is 52.4 Å². The van der Waals surface area contributed by atoms with Gasteiger partial charge in [-0.1, -0.05) is 119 Å². The number of rotatable bonds is 16. The monoisotopic (exact) mass is 2180 g/mol. The summed E-state index contributed by atoms with van der Waals surface area (Å²) < 4.78 is 66.4. The molecule has 9 saturated heterocycles. The number of aromatic nitrogens is 16. The first-order valence-corrected chi connectivity index (χ1v) is 49.9. The molecule has 714 valence electrons. The molecule has 0 spiro atoms. The van der Waals surface area contributed by atoms with Crippen molar-refractivity contribution in [2.24, 2.45) is 0 Å². The van der Waals surface area contributed by atoms with Crippen molar-refractivity contribution in [3.05, 3.63) is 243 Å². The van der Waals surface area contributed by atoms with Gasteiger partial charge in [0.05, 0.1) is 243 Å². The molecule has 0 bridgehead atoms. The molecule has 16 aromatic rings. The maximum atomic E-state index is 6.14. The lowest BCUT2D eigenvalue weighted by atomic mass is 9.79. The maximum Gasteiger partial charge on any atom is 0.494 e. The smallest absolute Gasteiger partial charge is 0.399 e. The molecular weight excluding hydrogens is 2080 g/mol. The van der Waals surface area contributed by atoms with Gasteiger partial charge in [0, 0.05) is 110 Å². The fraction of sp³-hybridized carbons (Fsp3) is 0.337. The van der Waals surface area contributed by atoms with Crippen LogP contribution in [0.3, 0.4) is 0 Å². The van der Waals surface area contributed by atoms with E-state index in [-0.39, 0.29) is 18.3 Å². The minimum absolute atomic E-state index is 0.325. The molecule has 32 nitrogen and oxygen atoms in total. The van der Waals surface area contributed by atoms with E-state index in [9.17, 15) is 0 Å². The average Bonchev–Trinajstić information content (AvgIpc) is 1.63. The number of halogens is 7. The summed E-state index contributed by atoms with van der Waals surface area (Å²) in [5, 5.41) is 12.5. The lowest BCUT2D eigenvalue weighted by Gasteiger charge is -2.32. The highest BCUT2D eigenvalue weighted by Gasteiger charge is 2.52. The Morgan fingerprint density at radius 1 is 0.362 bits per heavy atom. The number of aromatic amines is 1. The Morgan fingerprint density at radius 3 is 1.15 bits per heavy atom. The topological polar surface area (TPSA) is 315 Å². The van der Waals surface area contributed by atoms with Crippen molar-refractivity contribution in [3.8, 4) is 22.5 Å². The number of morpholine rings is 3. The molecule has 17 heterocycles. The van der Waals surface area contributed by atoms with E-state index in [0.717, 1.165) is 225 Å². The Morgan fingerprint density at radius 2 is 0.725 bits per heavy atom. The zero-order valence-electron chi connectivity index (χ0n) is 76.0. The summed E-state index contributed by atoms with van der Waals surface area (Å²) in [7, 11) is -0.338. The molecule has 8 aromatic carbocycles. The van der Waals surface area contributed by atoms with E-state index in [2.05, 4.69) is 213 Å². The van der Waals surface area contributed by atoms with Crippen LogP contribution in [0.5, 0.6) is 0 Å². The van der Waals surface area contributed by atoms with Crippen molar-refractivity contribution >= 4 is 221 Å². The Bertz CT molecular complexity index is 6840. The standard InChI is InChI=1S/2C24H23ClN6O2.C16H21BN2O3.C14H14Cl2N4O.C10H9BrN2O.C7H5BrN2.C3H5IO/c25-17-2-4-18(5-3-17)27-23-12-20(28-24(29-23)30-7-9-32-10-8-30)16-1-6-22-21(11-16)26-15-31(22)19-13-33-14-19;25-17-2-4-18(5-3-17)27-23-12-21(28-24(29-23)30-7-9-32-10-8-30)16-1-6-20-22(11-16)31(15-26-20)19-13-33-14-19;1-15(2)16(3,4)22-17(21-15)11-5-6-13-14(7-11)19(10-18-13)12-8-20-9-12;15-10-1-3-11(4-2-10)17-13-9-12(16)18-14(19-13)20-5-7-21-8-6-20;11-7-1-2-9-10(3-7)13(6-12-9)8-4-14-5-8;8-5-1-2-6-7(3-5)10-4-9-6;4-3-1-5-2-3/h2*1-6,11-12,15,19H,7-10,13-14H2,(H,27,28,29);5-7,10,12H,8-9H2,1-4H3;1-4,9H,5-8H2,(H,17,18,19);1-3,6,8H,4-5H2;1-4H,(H,9,10);3H,1-2H2. The van der Waals surface area contributed by atoms with Gasteiger partial charge in [-0.25, -0.2) is 39.9 Å². The molecule has 9 fully saturated rings. The number of hydrogen-bond acceptors (Lipinski definition) is 27. The third kappa shape index (κ3) is 23.6. The van der Waals surface area contributed by atoms with Crippen molar-refractivity contribution in [2.45, 2.75) is 67.0 Å². The number of nitrogens with one attached hydrogen (secondary N) is 4. The van der Waals surface area contributed by atoms with Crippen LogP contribution in [0.2, 0.25) is 20.2 Å². The van der Waals surface area contributed by atoms with Gasteiger partial charge in [0.2, 0.25) is 17.8 Å². The fourth-order valence-electron chi connectivity index (χ4n) is 15.9. The van der Waals surface area contributed by atoms with E-state index in [1.807, 2.05) is 159 Å². The van der Waals surface area contributed by atoms with E-state index < -0.39 is 0 Å². The second-order valence-corrected chi connectivity index (χ2v) is 40.2. The molecule has 9 aliphatic rings. The molecule has 25 rings (SSSR count). The highest BCUT2D eigenvalue weighted by Crippen LogP contribution is 2.39. The second kappa shape index (κ2) is 44.2. The summed E-state index contributed by atoms with van der Waals surface area (Å²) in [6.07, 6.45) is 9.27. The van der Waals surface area contributed by atoms with Gasteiger partial charge in [-0.15, -0.1) is 0 Å². The van der Waals surface area contributed by atoms with E-state index in [0.29, 0.717) is 108 Å². The van der Waals surface area contributed by atoms with Crippen LogP contribution in [0, 0.1) is 0 Å². The molecule has 0 aliphatic carbocycles. The number of benzene rings is 8. The van der Waals surface area contributed by atoms with Crippen LogP contribution in [0.25, 0.3) is 77.7 Å². The molecular formula is C98H100BBr2Cl4IN22O10. The van der Waals surface area contributed by atoms with Crippen LogP contribution < -0.4 is 36.1 Å². The molecule has 0 amide bonds. The minimum Gasteiger partial charge on any atom is -0.399 e. The Labute approximate surface area is 847 Å². The number of anilines is 9. The van der Waals surface area contributed by atoms with Crippen molar-refractivity contribution in [1.29, 1.82) is 0 Å². The van der Waals surface area contributed by atoms with Crippen LogP contribution in [-0.4, -0.2) is 245 Å². The number of alkyl halides is 1. The highest BCUT2D eigenvalue weighted by atomic mass is 127. The molecule has 0 unspecified atom stereocenters. The molecule has 0 saturated carbocycles. The molecule has 0 radical (unpaired) electrons. The number of nitrogens with zero attached hydrogens (tertiary/aromatic N) is 18. The van der Waals surface area contributed by atoms with Crippen LogP contribution in [0.15, 0.2) is 223 Å². The van der Waals surface area contributed by atoms with Gasteiger partial charge in [0.15, 0.2) is 0 Å². The van der Waals surface area contributed by atoms with Gasteiger partial charge in [0.1, 0.15) is 22.6 Å². The van der Waals surface area contributed by atoms with Gasteiger partial charge in [0.25, 0.3) is 0 Å². The van der Waals surface area contributed by atoms with Gasteiger partial charge >= 0.3 is 7.12 Å². The van der Waals surface area contributed by atoms with Crippen molar-refractivity contribution < 1.29 is 47.2 Å². The number of hydrogen-bond donors (Lipinski definition) is 4. The van der Waals surface area contributed by atoms with E-state index in [4.69, 9.17) is 114 Å².